The number of anilines is 3. The van der Waals surface area contributed by atoms with Crippen LogP contribution in [0.5, 0.6) is 0 Å². The molecule has 39 heavy (non-hydrogen) atoms. The molecule has 0 heterocycles. The van der Waals surface area contributed by atoms with Crippen LogP contribution in [0.1, 0.15) is 11.1 Å². The minimum absolute atomic E-state index is 1.13. The second kappa shape index (κ2) is 11.5. The molecule has 0 fully saturated rings. The smallest absolute Gasteiger partial charge is 0.0462 e. The molecule has 0 spiro atoms. The molecule has 6 aromatic carbocycles. The van der Waals surface area contributed by atoms with E-state index in [0.717, 1.165) is 17.1 Å². The van der Waals surface area contributed by atoms with Crippen molar-refractivity contribution in [2.75, 3.05) is 4.90 Å². The Morgan fingerprint density at radius 1 is 0.282 bits per heavy atom. The van der Waals surface area contributed by atoms with Gasteiger partial charge >= 0.3 is 0 Å². The van der Waals surface area contributed by atoms with Gasteiger partial charge in [0.15, 0.2) is 0 Å². The van der Waals surface area contributed by atoms with E-state index < -0.39 is 0 Å². The Bertz CT molecular complexity index is 1590. The summed E-state index contributed by atoms with van der Waals surface area (Å²) >= 11 is 0. The Labute approximate surface area is 231 Å². The molecule has 0 atom stereocenters. The van der Waals surface area contributed by atoms with Crippen molar-refractivity contribution in [1.29, 1.82) is 0 Å². The minimum Gasteiger partial charge on any atom is -0.311 e. The number of benzene rings is 6. The van der Waals surface area contributed by atoms with Crippen molar-refractivity contribution in [3.63, 3.8) is 0 Å². The van der Waals surface area contributed by atoms with E-state index in [9.17, 15) is 0 Å². The zero-order chi connectivity index (χ0) is 26.3. The molecule has 0 unspecified atom stereocenters. The molecule has 0 saturated heterocycles. The molecule has 6 rings (SSSR count). The number of nitrogens with zero attached hydrogens (tertiary/aromatic N) is 1. The highest BCUT2D eigenvalue weighted by molar-refractivity contribution is 5.79. The van der Waals surface area contributed by atoms with Gasteiger partial charge in [-0.15, -0.1) is 0 Å². The molecule has 0 aliphatic rings. The van der Waals surface area contributed by atoms with Gasteiger partial charge in [-0.3, -0.25) is 0 Å². The Balaban J connectivity index is 1.17. The lowest BCUT2D eigenvalue weighted by molar-refractivity contribution is 1.28. The van der Waals surface area contributed by atoms with Crippen molar-refractivity contribution in [2.24, 2.45) is 0 Å². The summed E-state index contributed by atoms with van der Waals surface area (Å²) in [4.78, 5) is 2.28. The first-order valence-electron chi connectivity index (χ1n) is 13.3. The molecule has 0 bridgehead atoms. The summed E-state index contributed by atoms with van der Waals surface area (Å²) in [5.74, 6) is 0. The van der Waals surface area contributed by atoms with Gasteiger partial charge in [-0.05, 0) is 69.8 Å². The van der Waals surface area contributed by atoms with E-state index in [1.54, 1.807) is 0 Å². The van der Waals surface area contributed by atoms with Crippen molar-refractivity contribution >= 4 is 29.2 Å². The van der Waals surface area contributed by atoms with Crippen LogP contribution in [0.4, 0.5) is 17.1 Å². The van der Waals surface area contributed by atoms with Crippen molar-refractivity contribution in [3.05, 3.63) is 175 Å². The highest BCUT2D eigenvalue weighted by Gasteiger charge is 2.11. The summed E-state index contributed by atoms with van der Waals surface area (Å²) in [6, 6.07) is 57.7. The topological polar surface area (TPSA) is 3.24 Å². The van der Waals surface area contributed by atoms with Crippen LogP contribution in [-0.2, 0) is 0 Å². The molecule has 0 radical (unpaired) electrons. The summed E-state index contributed by atoms with van der Waals surface area (Å²) in [6.45, 7) is 0. The van der Waals surface area contributed by atoms with E-state index >= 15 is 0 Å². The molecule has 1 heteroatoms. The largest absolute Gasteiger partial charge is 0.311 e. The normalized spacial score (nSPS) is 11.0. The Morgan fingerprint density at radius 3 is 1.00 bits per heavy atom. The fourth-order valence-corrected chi connectivity index (χ4v) is 4.80. The summed E-state index contributed by atoms with van der Waals surface area (Å²) < 4.78 is 0. The lowest BCUT2D eigenvalue weighted by Gasteiger charge is -2.25. The second-order valence-corrected chi connectivity index (χ2v) is 9.50. The fourth-order valence-electron chi connectivity index (χ4n) is 4.80. The average molecular weight is 500 g/mol. The predicted octanol–water partition coefficient (Wildman–Crippen LogP) is 10.7. The van der Waals surface area contributed by atoms with Gasteiger partial charge in [-0.1, -0.05) is 140 Å². The number of hydrogen-bond donors (Lipinski definition) is 0. The van der Waals surface area contributed by atoms with Crippen LogP contribution >= 0.6 is 0 Å². The van der Waals surface area contributed by atoms with E-state index in [-0.39, 0.29) is 0 Å². The monoisotopic (exact) mass is 499 g/mol. The molecule has 1 nitrogen and oxygen atoms in total. The number of rotatable bonds is 7. The minimum atomic E-state index is 1.13. The summed E-state index contributed by atoms with van der Waals surface area (Å²) in [6.07, 6.45) is 4.34. The third-order valence-electron chi connectivity index (χ3n) is 6.88. The molecular formula is C38H29N. The van der Waals surface area contributed by atoms with Gasteiger partial charge in [0.05, 0.1) is 0 Å². The van der Waals surface area contributed by atoms with E-state index in [1.165, 1.54) is 33.4 Å². The van der Waals surface area contributed by atoms with Crippen LogP contribution in [-0.4, -0.2) is 0 Å². The van der Waals surface area contributed by atoms with E-state index in [4.69, 9.17) is 0 Å². The zero-order valence-electron chi connectivity index (χ0n) is 21.7. The average Bonchev–Trinajstić information content (AvgIpc) is 3.03. The first kappa shape index (κ1) is 24.2. The van der Waals surface area contributed by atoms with Crippen LogP contribution in [0.2, 0.25) is 0 Å². The molecule has 0 aliphatic heterocycles. The first-order valence-corrected chi connectivity index (χ1v) is 13.3. The van der Waals surface area contributed by atoms with Crippen LogP contribution in [0, 0.1) is 0 Å². The molecular weight excluding hydrogens is 470 g/mol. The number of hydrogen-bond acceptors (Lipinski definition) is 1. The van der Waals surface area contributed by atoms with E-state index in [1.807, 2.05) is 6.07 Å². The molecule has 0 saturated carbocycles. The van der Waals surface area contributed by atoms with Crippen LogP contribution < -0.4 is 4.90 Å². The maximum atomic E-state index is 2.28. The van der Waals surface area contributed by atoms with Gasteiger partial charge in [-0.2, -0.15) is 0 Å². The van der Waals surface area contributed by atoms with Crippen molar-refractivity contribution in [2.45, 2.75) is 0 Å². The van der Waals surface area contributed by atoms with Crippen LogP contribution in [0.25, 0.3) is 34.4 Å². The van der Waals surface area contributed by atoms with Crippen LogP contribution in [0.3, 0.4) is 0 Å². The van der Waals surface area contributed by atoms with E-state index in [2.05, 4.69) is 175 Å². The highest BCUT2D eigenvalue weighted by atomic mass is 15.1. The van der Waals surface area contributed by atoms with Crippen molar-refractivity contribution in [1.82, 2.24) is 0 Å². The maximum absolute atomic E-state index is 2.28. The summed E-state index contributed by atoms with van der Waals surface area (Å²) in [5.41, 5.74) is 10.7. The van der Waals surface area contributed by atoms with E-state index in [0.29, 0.717) is 0 Å². The number of para-hydroxylation sites is 2. The van der Waals surface area contributed by atoms with Gasteiger partial charge in [-0.25, -0.2) is 0 Å². The maximum Gasteiger partial charge on any atom is 0.0462 e. The van der Waals surface area contributed by atoms with Crippen molar-refractivity contribution < 1.29 is 0 Å². The van der Waals surface area contributed by atoms with Gasteiger partial charge in [0.25, 0.3) is 0 Å². The highest BCUT2D eigenvalue weighted by Crippen LogP contribution is 2.35. The fraction of sp³-hybridized carbons (Fsp3) is 0. The van der Waals surface area contributed by atoms with Gasteiger partial charge < -0.3 is 4.90 Å². The molecule has 0 amide bonds. The quantitative estimate of drug-likeness (QED) is 0.197. The molecule has 0 aromatic heterocycles. The van der Waals surface area contributed by atoms with Crippen molar-refractivity contribution in [3.8, 4) is 22.3 Å². The SMILES string of the molecule is C(=Cc1ccc(-c2ccc(N(c3ccccc3)c3ccccc3)cc2)cc1)c1ccc(-c2ccccc2)cc1. The standard InChI is InChI=1S/C38H29N/c1-4-10-32(11-5-1)33-22-18-30(19-23-33)16-17-31-20-24-34(25-21-31)35-26-28-38(29-27-35)39(36-12-6-2-7-13-36)37-14-8-3-9-15-37/h1-29H. The third kappa shape index (κ3) is 5.74. The van der Waals surface area contributed by atoms with Crippen LogP contribution in [0.15, 0.2) is 164 Å². The molecule has 6 aromatic rings. The molecule has 186 valence electrons. The summed E-state index contributed by atoms with van der Waals surface area (Å²) in [7, 11) is 0. The first-order chi connectivity index (χ1) is 19.3. The predicted molar refractivity (Wildman–Crippen MR) is 167 cm³/mol. The molecule has 0 N–H and O–H groups in total. The van der Waals surface area contributed by atoms with Gasteiger partial charge in [0.1, 0.15) is 0 Å². The zero-order valence-corrected chi connectivity index (χ0v) is 21.7. The second-order valence-electron chi connectivity index (χ2n) is 9.50. The summed E-state index contributed by atoms with van der Waals surface area (Å²) in [5, 5.41) is 0. The molecule has 0 aliphatic carbocycles. The Morgan fingerprint density at radius 2 is 0.590 bits per heavy atom. The third-order valence-corrected chi connectivity index (χ3v) is 6.88. The lowest BCUT2D eigenvalue weighted by Crippen LogP contribution is -2.09. The van der Waals surface area contributed by atoms with Gasteiger partial charge in [0, 0.05) is 17.1 Å². The lowest BCUT2D eigenvalue weighted by atomic mass is 10.0. The Hall–Kier alpha value is -5.14. The van der Waals surface area contributed by atoms with Gasteiger partial charge in [0.2, 0.25) is 0 Å². The Kier molecular flexibility index (Phi) is 7.14.